The zero-order chi connectivity index (χ0) is 18.9. The molecule has 0 radical (unpaired) electrons. The molecule has 5 nitrogen and oxygen atoms in total. The van der Waals surface area contributed by atoms with Gasteiger partial charge in [0.1, 0.15) is 12.4 Å². The summed E-state index contributed by atoms with van der Waals surface area (Å²) < 4.78 is 11.5. The van der Waals surface area contributed by atoms with Gasteiger partial charge in [-0.25, -0.2) is 0 Å². The third-order valence-corrected chi connectivity index (χ3v) is 5.93. The van der Waals surface area contributed by atoms with Crippen molar-refractivity contribution >= 4 is 11.6 Å². The maximum absolute atomic E-state index is 5.93. The molecule has 0 saturated carbocycles. The smallest absolute Gasteiger partial charge is 0.258 e. The summed E-state index contributed by atoms with van der Waals surface area (Å²) >= 11 is 5.93. The quantitative estimate of drug-likeness (QED) is 0.661. The molecule has 1 N–H and O–H groups in total. The second-order valence-electron chi connectivity index (χ2n) is 7.71. The van der Waals surface area contributed by atoms with Crippen LogP contribution in [-0.4, -0.2) is 22.2 Å². The van der Waals surface area contributed by atoms with Gasteiger partial charge in [-0.2, -0.15) is 4.98 Å². The zero-order valence-electron chi connectivity index (χ0n) is 15.5. The SMILES string of the molecule is Clc1ccc(COc2cccc(-c3nc(C4CC5CCC(C4)N5)no3)c2)cc1. The second-order valence-corrected chi connectivity index (χ2v) is 8.14. The highest BCUT2D eigenvalue weighted by atomic mass is 35.5. The Kier molecular flexibility index (Phi) is 4.79. The van der Waals surface area contributed by atoms with Crippen molar-refractivity contribution in [2.45, 2.75) is 50.3 Å². The Morgan fingerprint density at radius 2 is 1.86 bits per heavy atom. The van der Waals surface area contributed by atoms with Crippen molar-refractivity contribution < 1.29 is 9.26 Å². The lowest BCUT2D eigenvalue weighted by Gasteiger charge is -2.26. The molecule has 2 aliphatic heterocycles. The molecular weight excluding hydrogens is 374 g/mol. The van der Waals surface area contributed by atoms with Crippen molar-refractivity contribution in [2.24, 2.45) is 0 Å². The minimum absolute atomic E-state index is 0.389. The summed E-state index contributed by atoms with van der Waals surface area (Å²) in [6.07, 6.45) is 4.72. The molecule has 2 aliphatic rings. The predicted molar refractivity (Wildman–Crippen MR) is 107 cm³/mol. The lowest BCUT2D eigenvalue weighted by molar-refractivity contribution is 0.306. The lowest BCUT2D eigenvalue weighted by Crippen LogP contribution is -2.37. The molecule has 0 aliphatic carbocycles. The summed E-state index contributed by atoms with van der Waals surface area (Å²) in [5, 5.41) is 8.66. The van der Waals surface area contributed by atoms with E-state index in [9.17, 15) is 0 Å². The van der Waals surface area contributed by atoms with E-state index >= 15 is 0 Å². The van der Waals surface area contributed by atoms with Crippen molar-refractivity contribution in [2.75, 3.05) is 0 Å². The first-order chi connectivity index (χ1) is 13.7. The van der Waals surface area contributed by atoms with Crippen LogP contribution in [-0.2, 0) is 6.61 Å². The van der Waals surface area contributed by atoms with Crippen LogP contribution in [0.25, 0.3) is 11.5 Å². The number of fused-ring (bicyclic) bond motifs is 2. The molecule has 2 fully saturated rings. The van der Waals surface area contributed by atoms with Gasteiger partial charge in [0.05, 0.1) is 0 Å². The minimum atomic E-state index is 0.389. The topological polar surface area (TPSA) is 60.2 Å². The molecular formula is C22H22ClN3O2. The van der Waals surface area contributed by atoms with Crippen LogP contribution in [0.3, 0.4) is 0 Å². The Balaban J connectivity index is 1.28. The van der Waals surface area contributed by atoms with E-state index in [0.29, 0.717) is 30.5 Å². The minimum Gasteiger partial charge on any atom is -0.489 e. The molecule has 3 aromatic rings. The standard InChI is InChI=1S/C22H22ClN3O2/c23-17-6-4-14(5-7-17)13-27-20-3-1-2-15(12-20)22-25-21(26-28-22)16-10-18-8-9-19(11-16)24-18/h1-7,12,16,18-19,24H,8-11,13H2. The fourth-order valence-electron chi connectivity index (χ4n) is 4.25. The fraction of sp³-hybridized carbons (Fsp3) is 0.364. The van der Waals surface area contributed by atoms with E-state index in [1.165, 1.54) is 12.8 Å². The monoisotopic (exact) mass is 395 g/mol. The van der Waals surface area contributed by atoms with Gasteiger partial charge in [0, 0.05) is 28.6 Å². The number of aromatic nitrogens is 2. The molecule has 2 saturated heterocycles. The van der Waals surface area contributed by atoms with Crippen LogP contribution < -0.4 is 10.1 Å². The molecule has 2 bridgehead atoms. The van der Waals surface area contributed by atoms with Gasteiger partial charge in [0.25, 0.3) is 5.89 Å². The zero-order valence-corrected chi connectivity index (χ0v) is 16.2. The van der Waals surface area contributed by atoms with Gasteiger partial charge in [-0.05, 0) is 61.6 Å². The van der Waals surface area contributed by atoms with Crippen LogP contribution in [0, 0.1) is 0 Å². The van der Waals surface area contributed by atoms with Gasteiger partial charge in [-0.3, -0.25) is 0 Å². The van der Waals surface area contributed by atoms with Crippen LogP contribution in [0.4, 0.5) is 0 Å². The summed E-state index contributed by atoms with van der Waals surface area (Å²) in [7, 11) is 0. The van der Waals surface area contributed by atoms with Crippen LogP contribution in [0.2, 0.25) is 5.02 Å². The van der Waals surface area contributed by atoms with E-state index in [1.54, 1.807) is 0 Å². The molecule has 3 heterocycles. The Bertz CT molecular complexity index is 944. The third-order valence-electron chi connectivity index (χ3n) is 5.68. The molecule has 1 aromatic heterocycles. The van der Waals surface area contributed by atoms with Crippen molar-refractivity contribution in [3.05, 3.63) is 64.9 Å². The van der Waals surface area contributed by atoms with Gasteiger partial charge in [0.2, 0.25) is 0 Å². The highest BCUT2D eigenvalue weighted by molar-refractivity contribution is 6.30. The average molecular weight is 396 g/mol. The highest BCUT2D eigenvalue weighted by Crippen LogP contribution is 2.36. The number of halogens is 1. The molecule has 2 atom stereocenters. The summed E-state index contributed by atoms with van der Waals surface area (Å²) in [5.41, 5.74) is 1.94. The van der Waals surface area contributed by atoms with Gasteiger partial charge >= 0.3 is 0 Å². The number of nitrogens with one attached hydrogen (secondary N) is 1. The van der Waals surface area contributed by atoms with Crippen molar-refractivity contribution in [1.82, 2.24) is 15.5 Å². The normalized spacial score (nSPS) is 23.7. The van der Waals surface area contributed by atoms with Gasteiger partial charge in [-0.1, -0.05) is 35.0 Å². The van der Waals surface area contributed by atoms with Gasteiger partial charge in [-0.15, -0.1) is 0 Å². The van der Waals surface area contributed by atoms with E-state index in [1.807, 2.05) is 48.5 Å². The highest BCUT2D eigenvalue weighted by Gasteiger charge is 2.36. The molecule has 2 unspecified atom stereocenters. The van der Waals surface area contributed by atoms with Crippen molar-refractivity contribution in [1.29, 1.82) is 0 Å². The number of ether oxygens (including phenoxy) is 1. The number of benzene rings is 2. The maximum atomic E-state index is 5.93. The van der Waals surface area contributed by atoms with Crippen LogP contribution in [0.1, 0.15) is 43.0 Å². The third kappa shape index (κ3) is 3.77. The van der Waals surface area contributed by atoms with Gasteiger partial charge in [0.15, 0.2) is 5.82 Å². The first-order valence-corrected chi connectivity index (χ1v) is 10.2. The summed E-state index contributed by atoms with van der Waals surface area (Å²) in [6, 6.07) is 16.7. The van der Waals surface area contributed by atoms with Gasteiger partial charge < -0.3 is 14.6 Å². The molecule has 6 heteroatoms. The number of hydrogen-bond donors (Lipinski definition) is 1. The van der Waals surface area contributed by atoms with Crippen LogP contribution in [0.5, 0.6) is 5.75 Å². The van der Waals surface area contributed by atoms with Crippen molar-refractivity contribution in [3.8, 4) is 17.2 Å². The molecule has 0 spiro atoms. The Morgan fingerprint density at radius 1 is 1.07 bits per heavy atom. The van der Waals surface area contributed by atoms with E-state index in [-0.39, 0.29) is 0 Å². The molecule has 5 rings (SSSR count). The first kappa shape index (κ1) is 17.7. The van der Waals surface area contributed by atoms with E-state index < -0.39 is 0 Å². The molecule has 28 heavy (non-hydrogen) atoms. The summed E-state index contributed by atoms with van der Waals surface area (Å²) in [4.78, 5) is 4.69. The van der Waals surface area contributed by atoms with Crippen LogP contribution >= 0.6 is 11.6 Å². The van der Waals surface area contributed by atoms with E-state index in [4.69, 9.17) is 25.8 Å². The molecule has 144 valence electrons. The average Bonchev–Trinajstić information content (AvgIpc) is 3.34. The van der Waals surface area contributed by atoms with E-state index in [2.05, 4.69) is 10.5 Å². The largest absolute Gasteiger partial charge is 0.489 e. The summed E-state index contributed by atoms with van der Waals surface area (Å²) in [6.45, 7) is 0.480. The number of hydrogen-bond acceptors (Lipinski definition) is 5. The van der Waals surface area contributed by atoms with Crippen LogP contribution in [0.15, 0.2) is 53.1 Å². The molecule has 2 aromatic carbocycles. The molecule has 0 amide bonds. The fourth-order valence-corrected chi connectivity index (χ4v) is 4.38. The van der Waals surface area contributed by atoms with Crippen molar-refractivity contribution in [3.63, 3.8) is 0 Å². The Morgan fingerprint density at radius 3 is 2.64 bits per heavy atom. The number of nitrogens with zero attached hydrogens (tertiary/aromatic N) is 2. The van der Waals surface area contributed by atoms with E-state index in [0.717, 1.165) is 40.6 Å². The summed E-state index contributed by atoms with van der Waals surface area (Å²) in [5.74, 6) is 2.55. The maximum Gasteiger partial charge on any atom is 0.258 e. The predicted octanol–water partition coefficient (Wildman–Crippen LogP) is 4.97. The number of rotatable bonds is 5. The lowest BCUT2D eigenvalue weighted by atomic mass is 9.92. The Hall–Kier alpha value is -2.37. The Labute approximate surface area is 169 Å². The first-order valence-electron chi connectivity index (χ1n) is 9.80. The number of piperidine rings is 1. The second kappa shape index (κ2) is 7.57.